The zero-order valence-electron chi connectivity index (χ0n) is 15.1. The zero-order valence-corrected chi connectivity index (χ0v) is 16.7. The number of amides is 2. The maximum Gasteiger partial charge on any atom is 0.306 e. The maximum atomic E-state index is 11.7. The van der Waals surface area contributed by atoms with Crippen molar-refractivity contribution in [2.24, 2.45) is 0 Å². The third-order valence-electron chi connectivity index (χ3n) is 3.09. The van der Waals surface area contributed by atoms with Crippen LogP contribution in [0.1, 0.15) is 31.7 Å². The number of rotatable bonds is 8. The minimum Gasteiger partial charge on any atom is -0.484 e. The molecule has 0 bridgehead atoms. The first-order valence-electron chi connectivity index (χ1n) is 8.25. The van der Waals surface area contributed by atoms with Crippen molar-refractivity contribution < 1.29 is 23.9 Å². The van der Waals surface area contributed by atoms with E-state index in [1.165, 1.54) is 0 Å². The normalized spacial score (nSPS) is 9.89. The van der Waals surface area contributed by atoms with Gasteiger partial charge in [0.1, 0.15) is 5.75 Å². The van der Waals surface area contributed by atoms with Gasteiger partial charge in [0.2, 0.25) is 5.91 Å². The molecule has 0 saturated heterocycles. The number of nitrogens with one attached hydrogen (secondary N) is 3. The Bertz CT molecular complexity index is 699. The van der Waals surface area contributed by atoms with Crippen LogP contribution in [0.2, 0.25) is 5.02 Å². The molecule has 0 radical (unpaired) electrons. The van der Waals surface area contributed by atoms with E-state index in [0.29, 0.717) is 23.8 Å². The highest BCUT2D eigenvalue weighted by atomic mass is 35.5. The largest absolute Gasteiger partial charge is 0.484 e. The Balaban J connectivity index is 2.22. The monoisotopic (exact) mass is 415 g/mol. The second-order valence-corrected chi connectivity index (χ2v) is 6.29. The van der Waals surface area contributed by atoms with E-state index in [1.807, 2.05) is 13.8 Å². The van der Waals surface area contributed by atoms with E-state index in [1.54, 1.807) is 18.2 Å². The van der Waals surface area contributed by atoms with Gasteiger partial charge >= 0.3 is 5.97 Å². The van der Waals surface area contributed by atoms with Gasteiger partial charge in [0.25, 0.3) is 5.91 Å². The minimum atomic E-state index is -0.498. The highest BCUT2D eigenvalue weighted by molar-refractivity contribution is 7.80. The third-order valence-corrected chi connectivity index (χ3v) is 3.72. The Morgan fingerprint density at radius 2 is 1.89 bits per heavy atom. The predicted molar refractivity (Wildman–Crippen MR) is 104 cm³/mol. The van der Waals surface area contributed by atoms with Crippen molar-refractivity contribution in [3.05, 3.63) is 28.8 Å². The Labute approximate surface area is 167 Å². The number of esters is 1. The minimum absolute atomic E-state index is 0.0465. The van der Waals surface area contributed by atoms with Crippen molar-refractivity contribution in [2.75, 3.05) is 13.2 Å². The van der Waals surface area contributed by atoms with Crippen LogP contribution in [-0.4, -0.2) is 36.1 Å². The van der Waals surface area contributed by atoms with Gasteiger partial charge < -0.3 is 14.8 Å². The molecule has 27 heavy (non-hydrogen) atoms. The van der Waals surface area contributed by atoms with E-state index >= 15 is 0 Å². The van der Waals surface area contributed by atoms with Crippen LogP contribution in [0, 0.1) is 6.92 Å². The average Bonchev–Trinajstić information content (AvgIpc) is 2.63. The Kier molecular flexibility index (Phi) is 10.1. The lowest BCUT2D eigenvalue weighted by atomic mass is 10.2. The third kappa shape index (κ3) is 9.76. The Hall–Kier alpha value is -2.39. The molecule has 0 saturated carbocycles. The molecule has 2 amide bonds. The summed E-state index contributed by atoms with van der Waals surface area (Å²) in [5.41, 5.74) is 5.49. The second-order valence-electron chi connectivity index (χ2n) is 5.47. The van der Waals surface area contributed by atoms with Crippen molar-refractivity contribution >= 4 is 46.7 Å². The summed E-state index contributed by atoms with van der Waals surface area (Å²) in [7, 11) is 0. The second kappa shape index (κ2) is 12.1. The molecule has 0 unspecified atom stereocenters. The first-order chi connectivity index (χ1) is 12.8. The van der Waals surface area contributed by atoms with Gasteiger partial charge in [0.05, 0.1) is 13.0 Å². The predicted octanol–water partition coefficient (Wildman–Crippen LogP) is 1.78. The lowest BCUT2D eigenvalue weighted by Crippen LogP contribution is -2.49. The van der Waals surface area contributed by atoms with Gasteiger partial charge in [-0.1, -0.05) is 18.5 Å². The number of carbonyl (C=O) groups excluding carboxylic acids is 3. The van der Waals surface area contributed by atoms with E-state index in [0.717, 1.165) is 5.56 Å². The van der Waals surface area contributed by atoms with Gasteiger partial charge in [-0.05, 0) is 49.3 Å². The number of hydrazine groups is 1. The molecule has 0 aliphatic carbocycles. The van der Waals surface area contributed by atoms with Crippen LogP contribution in [0.15, 0.2) is 18.2 Å². The smallest absolute Gasteiger partial charge is 0.306 e. The van der Waals surface area contributed by atoms with Gasteiger partial charge in [-0.2, -0.15) is 0 Å². The summed E-state index contributed by atoms with van der Waals surface area (Å²) in [5, 5.41) is 2.84. The molecule has 1 aromatic rings. The summed E-state index contributed by atoms with van der Waals surface area (Å²) in [5.74, 6) is -0.919. The zero-order chi connectivity index (χ0) is 20.2. The topological polar surface area (TPSA) is 106 Å². The van der Waals surface area contributed by atoms with Gasteiger partial charge in [0.15, 0.2) is 11.7 Å². The fourth-order valence-corrected chi connectivity index (χ4v) is 2.02. The van der Waals surface area contributed by atoms with E-state index in [9.17, 15) is 14.4 Å². The molecular weight excluding hydrogens is 394 g/mol. The molecule has 0 heterocycles. The molecule has 10 heteroatoms. The molecule has 3 N–H and O–H groups in total. The van der Waals surface area contributed by atoms with Crippen LogP contribution in [0.25, 0.3) is 0 Å². The van der Waals surface area contributed by atoms with Crippen LogP contribution >= 0.6 is 23.8 Å². The van der Waals surface area contributed by atoms with Crippen LogP contribution in [0.3, 0.4) is 0 Å². The molecular formula is C17H22ClN3O5S. The average molecular weight is 416 g/mol. The highest BCUT2D eigenvalue weighted by Gasteiger charge is 2.10. The molecule has 148 valence electrons. The van der Waals surface area contributed by atoms with Gasteiger partial charge in [-0.25, -0.2) is 0 Å². The first kappa shape index (κ1) is 22.7. The lowest BCUT2D eigenvalue weighted by Gasteiger charge is -2.11. The lowest BCUT2D eigenvalue weighted by molar-refractivity contribution is -0.144. The van der Waals surface area contributed by atoms with Crippen molar-refractivity contribution in [3.63, 3.8) is 0 Å². The fourth-order valence-electron chi connectivity index (χ4n) is 1.74. The first-order valence-corrected chi connectivity index (χ1v) is 9.03. The highest BCUT2D eigenvalue weighted by Crippen LogP contribution is 2.20. The number of hydrogen-bond donors (Lipinski definition) is 3. The molecule has 1 rings (SSSR count). The number of halogens is 1. The molecule has 0 aliphatic rings. The van der Waals surface area contributed by atoms with Crippen LogP contribution in [0.5, 0.6) is 5.75 Å². The molecule has 0 aromatic heterocycles. The Morgan fingerprint density at radius 1 is 1.15 bits per heavy atom. The molecule has 0 aliphatic heterocycles. The molecule has 0 spiro atoms. The van der Waals surface area contributed by atoms with Crippen LogP contribution < -0.4 is 20.9 Å². The van der Waals surface area contributed by atoms with Gasteiger partial charge in [0, 0.05) is 11.4 Å². The van der Waals surface area contributed by atoms with Crippen molar-refractivity contribution in [1.29, 1.82) is 0 Å². The van der Waals surface area contributed by atoms with Crippen molar-refractivity contribution in [1.82, 2.24) is 16.2 Å². The number of carbonyl (C=O) groups is 3. The number of ether oxygens (including phenoxy) is 2. The summed E-state index contributed by atoms with van der Waals surface area (Å²) < 4.78 is 10.2. The molecule has 8 nitrogen and oxygen atoms in total. The van der Waals surface area contributed by atoms with E-state index in [2.05, 4.69) is 16.2 Å². The molecule has 0 atom stereocenters. The molecule has 0 fully saturated rings. The van der Waals surface area contributed by atoms with E-state index in [-0.39, 0.29) is 24.6 Å². The van der Waals surface area contributed by atoms with Crippen LogP contribution in [-0.2, 0) is 19.1 Å². The quantitative estimate of drug-likeness (QED) is 0.337. The van der Waals surface area contributed by atoms with Gasteiger partial charge in [-0.3, -0.25) is 25.2 Å². The van der Waals surface area contributed by atoms with Crippen LogP contribution in [0.4, 0.5) is 0 Å². The Morgan fingerprint density at radius 3 is 2.56 bits per heavy atom. The summed E-state index contributed by atoms with van der Waals surface area (Å²) in [4.78, 5) is 34.7. The van der Waals surface area contributed by atoms with Crippen molar-refractivity contribution in [2.45, 2.75) is 33.1 Å². The summed E-state index contributed by atoms with van der Waals surface area (Å²) >= 11 is 10.8. The van der Waals surface area contributed by atoms with Gasteiger partial charge in [-0.15, -0.1) is 0 Å². The van der Waals surface area contributed by atoms with E-state index in [4.69, 9.17) is 33.3 Å². The number of aryl methyl sites for hydroxylation is 1. The van der Waals surface area contributed by atoms with Crippen molar-refractivity contribution in [3.8, 4) is 5.75 Å². The SMILES string of the molecule is CCCOC(=O)CCC(=O)NC(=S)NNC(=O)COc1ccc(Cl)c(C)c1. The fraction of sp³-hybridized carbons (Fsp3) is 0.412. The standard InChI is InChI=1S/C17H22ClN3O5S/c1-3-8-25-16(24)7-6-14(22)19-17(27)21-20-15(23)10-26-12-4-5-13(18)11(2)9-12/h4-5,9H,3,6-8,10H2,1-2H3,(H,20,23)(H2,19,21,22,27). The number of benzene rings is 1. The number of thiocarbonyl (C=S) groups is 1. The number of hydrogen-bond acceptors (Lipinski definition) is 6. The molecule has 1 aromatic carbocycles. The summed E-state index contributed by atoms with van der Waals surface area (Å²) in [6, 6.07) is 5.02. The van der Waals surface area contributed by atoms with E-state index < -0.39 is 17.8 Å². The maximum absolute atomic E-state index is 11.7. The summed E-state index contributed by atoms with van der Waals surface area (Å²) in [6.45, 7) is 3.76. The summed E-state index contributed by atoms with van der Waals surface area (Å²) in [6.07, 6.45) is 0.597.